The molecule has 2 aromatic rings. The zero-order valence-corrected chi connectivity index (χ0v) is 14.0. The lowest BCUT2D eigenvalue weighted by atomic mass is 10.1. The number of rotatable bonds is 8. The Bertz CT molecular complexity index is 513. The molecule has 0 amide bonds. The van der Waals surface area contributed by atoms with Crippen LogP contribution in [0.2, 0.25) is 5.02 Å². The van der Waals surface area contributed by atoms with Crippen LogP contribution in [0.15, 0.2) is 59.5 Å². The van der Waals surface area contributed by atoms with E-state index in [0.717, 1.165) is 30.2 Å². The fourth-order valence-corrected chi connectivity index (χ4v) is 3.26. The van der Waals surface area contributed by atoms with Gasteiger partial charge in [0.1, 0.15) is 0 Å². The van der Waals surface area contributed by atoms with Gasteiger partial charge in [-0.1, -0.05) is 48.9 Å². The van der Waals surface area contributed by atoms with E-state index in [4.69, 9.17) is 11.6 Å². The molecule has 0 aliphatic carbocycles. The maximum atomic E-state index is 5.95. The minimum absolute atomic E-state index is 0.483. The van der Waals surface area contributed by atoms with E-state index in [-0.39, 0.29) is 0 Å². The Morgan fingerprint density at radius 2 is 1.76 bits per heavy atom. The Morgan fingerprint density at radius 3 is 2.43 bits per heavy atom. The molecule has 0 aliphatic heterocycles. The number of thioether (sulfide) groups is 1. The second-order valence-corrected chi connectivity index (χ2v) is 6.64. The molecule has 3 heteroatoms. The van der Waals surface area contributed by atoms with Crippen LogP contribution in [0.4, 0.5) is 0 Å². The molecule has 21 heavy (non-hydrogen) atoms. The molecule has 2 aromatic carbocycles. The normalized spacial score (nSPS) is 12.3. The minimum atomic E-state index is 0.483. The number of benzene rings is 2. The molecule has 0 bridgehead atoms. The molecule has 0 saturated carbocycles. The highest BCUT2D eigenvalue weighted by molar-refractivity contribution is 7.99. The van der Waals surface area contributed by atoms with Crippen LogP contribution in [0.3, 0.4) is 0 Å². The van der Waals surface area contributed by atoms with Crippen LogP contribution < -0.4 is 5.32 Å². The van der Waals surface area contributed by atoms with Gasteiger partial charge in [-0.15, -0.1) is 11.8 Å². The number of hydrogen-bond donors (Lipinski definition) is 1. The molecule has 1 N–H and O–H groups in total. The topological polar surface area (TPSA) is 12.0 Å². The van der Waals surface area contributed by atoms with E-state index in [1.165, 1.54) is 10.5 Å². The molecule has 1 unspecified atom stereocenters. The third kappa shape index (κ3) is 6.13. The lowest BCUT2D eigenvalue weighted by Crippen LogP contribution is -2.34. The van der Waals surface area contributed by atoms with Crippen LogP contribution in [0, 0.1) is 0 Å². The van der Waals surface area contributed by atoms with Gasteiger partial charge >= 0.3 is 0 Å². The van der Waals surface area contributed by atoms with Crippen LogP contribution in [0.1, 0.15) is 18.9 Å². The van der Waals surface area contributed by atoms with Gasteiger partial charge in [0.05, 0.1) is 0 Å². The van der Waals surface area contributed by atoms with Crippen molar-refractivity contribution >= 4 is 23.4 Å². The van der Waals surface area contributed by atoms with Crippen LogP contribution in [0.5, 0.6) is 0 Å². The molecule has 0 radical (unpaired) electrons. The Hall–Kier alpha value is -0.960. The van der Waals surface area contributed by atoms with Gasteiger partial charge in [-0.2, -0.15) is 0 Å². The molecular weight excluding hydrogens is 298 g/mol. The average molecular weight is 320 g/mol. The largest absolute Gasteiger partial charge is 0.313 e. The van der Waals surface area contributed by atoms with Gasteiger partial charge in [0.25, 0.3) is 0 Å². The lowest BCUT2D eigenvalue weighted by Gasteiger charge is -2.18. The molecule has 0 heterocycles. The van der Waals surface area contributed by atoms with Crippen LogP contribution in [-0.4, -0.2) is 18.3 Å². The summed E-state index contributed by atoms with van der Waals surface area (Å²) in [6.07, 6.45) is 2.20. The molecular formula is C18H22ClNS. The van der Waals surface area contributed by atoms with E-state index in [0.29, 0.717) is 6.04 Å². The Kier molecular flexibility index (Phi) is 7.14. The van der Waals surface area contributed by atoms with Crippen molar-refractivity contribution in [2.24, 2.45) is 0 Å². The average Bonchev–Trinajstić information content (AvgIpc) is 2.53. The van der Waals surface area contributed by atoms with Gasteiger partial charge in [0.15, 0.2) is 0 Å². The minimum Gasteiger partial charge on any atom is -0.313 e. The van der Waals surface area contributed by atoms with Crippen molar-refractivity contribution in [2.75, 3.05) is 12.3 Å². The fourth-order valence-electron chi connectivity index (χ4n) is 2.16. The zero-order chi connectivity index (χ0) is 14.9. The summed E-state index contributed by atoms with van der Waals surface area (Å²) in [6.45, 7) is 3.27. The van der Waals surface area contributed by atoms with Crippen molar-refractivity contribution in [3.8, 4) is 0 Å². The summed E-state index contributed by atoms with van der Waals surface area (Å²) < 4.78 is 0. The molecule has 2 rings (SSSR count). The third-order valence-corrected chi connectivity index (χ3v) is 4.70. The first kappa shape index (κ1) is 16.4. The monoisotopic (exact) mass is 319 g/mol. The second kappa shape index (κ2) is 9.14. The van der Waals surface area contributed by atoms with E-state index < -0.39 is 0 Å². The van der Waals surface area contributed by atoms with Crippen molar-refractivity contribution in [1.82, 2.24) is 5.32 Å². The summed E-state index contributed by atoms with van der Waals surface area (Å²) in [5, 5.41) is 4.45. The summed E-state index contributed by atoms with van der Waals surface area (Å²) in [7, 11) is 0. The van der Waals surface area contributed by atoms with Crippen molar-refractivity contribution < 1.29 is 0 Å². The summed E-state index contributed by atoms with van der Waals surface area (Å²) in [5.41, 5.74) is 1.33. The predicted octanol–water partition coefficient (Wildman–Crippen LogP) is 5.04. The van der Waals surface area contributed by atoms with Crippen molar-refractivity contribution in [3.63, 3.8) is 0 Å². The van der Waals surface area contributed by atoms with Gasteiger partial charge in [-0.05, 0) is 49.2 Å². The number of hydrogen-bond acceptors (Lipinski definition) is 2. The Labute approximate surface area is 137 Å². The smallest absolute Gasteiger partial charge is 0.0406 e. The van der Waals surface area contributed by atoms with Gasteiger partial charge in [0, 0.05) is 21.7 Å². The van der Waals surface area contributed by atoms with E-state index in [2.05, 4.69) is 54.7 Å². The fraction of sp³-hybridized carbons (Fsp3) is 0.333. The van der Waals surface area contributed by atoms with E-state index in [1.807, 2.05) is 23.9 Å². The van der Waals surface area contributed by atoms with Gasteiger partial charge < -0.3 is 5.32 Å². The first-order chi connectivity index (χ1) is 10.3. The first-order valence-electron chi connectivity index (χ1n) is 7.43. The van der Waals surface area contributed by atoms with Crippen LogP contribution in [-0.2, 0) is 6.42 Å². The second-order valence-electron chi connectivity index (χ2n) is 5.11. The molecule has 0 fully saturated rings. The van der Waals surface area contributed by atoms with Gasteiger partial charge in [-0.25, -0.2) is 0 Å². The van der Waals surface area contributed by atoms with E-state index in [9.17, 15) is 0 Å². The molecule has 112 valence electrons. The van der Waals surface area contributed by atoms with Gasteiger partial charge in [0.2, 0.25) is 0 Å². The quantitative estimate of drug-likeness (QED) is 0.684. The number of nitrogens with one attached hydrogen (secondary N) is 1. The summed E-state index contributed by atoms with van der Waals surface area (Å²) in [4.78, 5) is 1.33. The third-order valence-electron chi connectivity index (χ3n) is 3.27. The molecule has 1 atom stereocenters. The van der Waals surface area contributed by atoms with E-state index >= 15 is 0 Å². The summed E-state index contributed by atoms with van der Waals surface area (Å²) in [6, 6.07) is 19.3. The van der Waals surface area contributed by atoms with Crippen molar-refractivity contribution in [3.05, 3.63) is 65.2 Å². The standard InChI is InChI=1S/C18H22ClNS/c1-2-12-20-17(13-15-8-10-16(19)11-9-15)14-21-18-6-4-3-5-7-18/h3-11,17,20H,2,12-14H2,1H3. The van der Waals surface area contributed by atoms with Crippen LogP contribution in [0.25, 0.3) is 0 Å². The van der Waals surface area contributed by atoms with Crippen molar-refractivity contribution in [1.29, 1.82) is 0 Å². The van der Waals surface area contributed by atoms with Crippen LogP contribution >= 0.6 is 23.4 Å². The lowest BCUT2D eigenvalue weighted by molar-refractivity contribution is 0.550. The first-order valence-corrected chi connectivity index (χ1v) is 8.80. The molecule has 0 saturated heterocycles. The summed E-state index contributed by atoms with van der Waals surface area (Å²) >= 11 is 7.87. The predicted molar refractivity (Wildman–Crippen MR) is 94.4 cm³/mol. The summed E-state index contributed by atoms with van der Waals surface area (Å²) in [5.74, 6) is 1.08. The van der Waals surface area contributed by atoms with Crippen molar-refractivity contribution in [2.45, 2.75) is 30.7 Å². The zero-order valence-electron chi connectivity index (χ0n) is 12.4. The Morgan fingerprint density at radius 1 is 1.05 bits per heavy atom. The highest BCUT2D eigenvalue weighted by Crippen LogP contribution is 2.20. The highest BCUT2D eigenvalue weighted by atomic mass is 35.5. The molecule has 0 aliphatic rings. The Balaban J connectivity index is 1.92. The maximum Gasteiger partial charge on any atom is 0.0406 e. The maximum absolute atomic E-state index is 5.95. The molecule has 1 nitrogen and oxygen atoms in total. The van der Waals surface area contributed by atoms with Gasteiger partial charge in [-0.3, -0.25) is 0 Å². The highest BCUT2D eigenvalue weighted by Gasteiger charge is 2.09. The number of halogens is 1. The molecule has 0 spiro atoms. The molecule has 0 aromatic heterocycles. The SMILES string of the molecule is CCCNC(CSc1ccccc1)Cc1ccc(Cl)cc1. The van der Waals surface area contributed by atoms with E-state index in [1.54, 1.807) is 0 Å².